The highest BCUT2D eigenvalue weighted by atomic mass is 16.7. The molecule has 2 rings (SSSR count). The van der Waals surface area contributed by atoms with Crippen molar-refractivity contribution < 1.29 is 19.1 Å². The van der Waals surface area contributed by atoms with E-state index in [-0.39, 0.29) is 11.0 Å². The normalized spacial score (nSPS) is 16.8. The van der Waals surface area contributed by atoms with E-state index in [1.165, 1.54) is 13.8 Å². The molecular weight excluding hydrogens is 320 g/mol. The van der Waals surface area contributed by atoms with Gasteiger partial charge in [0.2, 0.25) is 0 Å². The Morgan fingerprint density at radius 1 is 1.04 bits per heavy atom. The topological polar surface area (TPSA) is 67.9 Å². The molecule has 0 saturated carbocycles. The summed E-state index contributed by atoms with van der Waals surface area (Å²) in [4.78, 5) is 26.4. The minimum Gasteiger partial charge on any atom is -0.419 e. The molecule has 0 aromatic heterocycles. The van der Waals surface area contributed by atoms with Crippen LogP contribution >= 0.6 is 0 Å². The maximum atomic E-state index is 12.4. The van der Waals surface area contributed by atoms with Gasteiger partial charge in [-0.1, -0.05) is 39.0 Å². The number of esters is 2. The number of para-hydroxylation sites is 1. The number of anilines is 1. The Labute approximate surface area is 148 Å². The lowest BCUT2D eigenvalue weighted by molar-refractivity contribution is -0.222. The van der Waals surface area contributed by atoms with Gasteiger partial charge in [-0.2, -0.15) is 0 Å². The Bertz CT molecular complexity index is 705. The van der Waals surface area contributed by atoms with Crippen LogP contribution in [0.3, 0.4) is 0 Å². The molecule has 0 aliphatic carbocycles. The summed E-state index contributed by atoms with van der Waals surface area (Å²) < 4.78 is 10.4. The molecular formula is C19H26N2O4. The average Bonchev–Trinajstić information content (AvgIpc) is 2.43. The van der Waals surface area contributed by atoms with Crippen molar-refractivity contribution in [3.63, 3.8) is 0 Å². The van der Waals surface area contributed by atoms with Gasteiger partial charge in [0.1, 0.15) is 5.82 Å². The van der Waals surface area contributed by atoms with Crippen molar-refractivity contribution >= 4 is 17.6 Å². The fourth-order valence-electron chi connectivity index (χ4n) is 2.62. The molecule has 1 aromatic rings. The van der Waals surface area contributed by atoms with Crippen molar-refractivity contribution in [1.82, 2.24) is 4.90 Å². The summed E-state index contributed by atoms with van der Waals surface area (Å²) in [6.07, 6.45) is 0. The lowest BCUT2D eigenvalue weighted by Gasteiger charge is -2.32. The van der Waals surface area contributed by atoms with Crippen LogP contribution in [0.2, 0.25) is 0 Å². The second-order valence-electron chi connectivity index (χ2n) is 7.72. The lowest BCUT2D eigenvalue weighted by atomic mass is 9.86. The summed E-state index contributed by atoms with van der Waals surface area (Å²) in [5.41, 5.74) is 1.62. The molecule has 1 heterocycles. The summed E-state index contributed by atoms with van der Waals surface area (Å²) in [5, 5.41) is 3.22. The Balaban J connectivity index is 2.51. The van der Waals surface area contributed by atoms with Crippen molar-refractivity contribution in [2.24, 2.45) is 0 Å². The molecule has 1 fully saturated rings. The largest absolute Gasteiger partial charge is 0.419 e. The van der Waals surface area contributed by atoms with Gasteiger partial charge in [0.25, 0.3) is 5.79 Å². The smallest absolute Gasteiger partial charge is 0.352 e. The molecule has 1 saturated heterocycles. The Morgan fingerprint density at radius 3 is 2.04 bits per heavy atom. The highest BCUT2D eigenvalue weighted by Gasteiger charge is 2.41. The summed E-state index contributed by atoms with van der Waals surface area (Å²) in [6.45, 7) is 9.35. The van der Waals surface area contributed by atoms with E-state index in [1.54, 1.807) is 19.0 Å². The van der Waals surface area contributed by atoms with Gasteiger partial charge in [-0.15, -0.1) is 0 Å². The minimum atomic E-state index is -1.27. The first-order chi connectivity index (χ1) is 11.4. The van der Waals surface area contributed by atoms with E-state index in [2.05, 4.69) is 26.1 Å². The first-order valence-corrected chi connectivity index (χ1v) is 8.17. The SMILES string of the molecule is CN(C)C(Nc1ccccc1C(C)(C)C)=C1C(=O)OC(C)(C)OC1=O. The van der Waals surface area contributed by atoms with Crippen molar-refractivity contribution in [2.75, 3.05) is 19.4 Å². The second-order valence-corrected chi connectivity index (χ2v) is 7.72. The predicted molar refractivity (Wildman–Crippen MR) is 95.7 cm³/mol. The zero-order valence-electron chi connectivity index (χ0n) is 15.9. The number of carbonyl (C=O) groups is 2. The molecule has 0 unspecified atom stereocenters. The third-order valence-electron chi connectivity index (χ3n) is 3.76. The third kappa shape index (κ3) is 4.13. The number of nitrogens with zero attached hydrogens (tertiary/aromatic N) is 1. The highest BCUT2D eigenvalue weighted by molar-refractivity contribution is 6.16. The number of benzene rings is 1. The summed E-state index contributed by atoms with van der Waals surface area (Å²) in [5.74, 6) is -2.34. The van der Waals surface area contributed by atoms with Crippen LogP contribution in [0.1, 0.15) is 40.2 Å². The average molecular weight is 346 g/mol. The molecule has 1 aromatic carbocycles. The third-order valence-corrected chi connectivity index (χ3v) is 3.76. The monoisotopic (exact) mass is 346 g/mol. The van der Waals surface area contributed by atoms with Gasteiger partial charge < -0.3 is 19.7 Å². The Kier molecular flexibility index (Phi) is 4.84. The van der Waals surface area contributed by atoms with E-state index < -0.39 is 17.7 Å². The van der Waals surface area contributed by atoms with Gasteiger partial charge in [-0.05, 0) is 17.0 Å². The Hall–Kier alpha value is -2.50. The van der Waals surface area contributed by atoms with Crippen LogP contribution in [0.15, 0.2) is 35.7 Å². The van der Waals surface area contributed by atoms with Gasteiger partial charge in [0, 0.05) is 33.6 Å². The van der Waals surface area contributed by atoms with Crippen molar-refractivity contribution in [3.8, 4) is 0 Å². The molecule has 0 bridgehead atoms. The van der Waals surface area contributed by atoms with E-state index in [1.807, 2.05) is 24.3 Å². The molecule has 1 aliphatic heterocycles. The fraction of sp³-hybridized carbons (Fsp3) is 0.474. The Morgan fingerprint density at radius 2 is 1.56 bits per heavy atom. The highest BCUT2D eigenvalue weighted by Crippen LogP contribution is 2.32. The van der Waals surface area contributed by atoms with Crippen LogP contribution in [0.25, 0.3) is 0 Å². The molecule has 6 heteroatoms. The summed E-state index contributed by atoms with van der Waals surface area (Å²) >= 11 is 0. The first-order valence-electron chi connectivity index (χ1n) is 8.17. The zero-order chi connectivity index (χ0) is 19.0. The number of hydrogen-bond acceptors (Lipinski definition) is 6. The van der Waals surface area contributed by atoms with Crippen LogP contribution in [-0.2, 0) is 24.5 Å². The number of cyclic esters (lactones) is 2. The number of rotatable bonds is 3. The minimum absolute atomic E-state index is 0.110. The quantitative estimate of drug-likeness (QED) is 0.515. The molecule has 0 spiro atoms. The zero-order valence-corrected chi connectivity index (χ0v) is 15.9. The van der Waals surface area contributed by atoms with E-state index >= 15 is 0 Å². The van der Waals surface area contributed by atoms with Gasteiger partial charge in [0.15, 0.2) is 5.57 Å². The van der Waals surface area contributed by atoms with Gasteiger partial charge >= 0.3 is 11.9 Å². The lowest BCUT2D eigenvalue weighted by Crippen LogP contribution is -2.44. The predicted octanol–water partition coefficient (Wildman–Crippen LogP) is 3.01. The van der Waals surface area contributed by atoms with Crippen LogP contribution in [0.5, 0.6) is 0 Å². The molecule has 25 heavy (non-hydrogen) atoms. The number of ether oxygens (including phenoxy) is 2. The van der Waals surface area contributed by atoms with Gasteiger partial charge in [0.05, 0.1) is 0 Å². The molecule has 0 atom stereocenters. The summed E-state index contributed by atoms with van der Waals surface area (Å²) in [7, 11) is 3.49. The van der Waals surface area contributed by atoms with Crippen LogP contribution in [0, 0.1) is 0 Å². The molecule has 136 valence electrons. The number of nitrogens with one attached hydrogen (secondary N) is 1. The molecule has 6 nitrogen and oxygen atoms in total. The van der Waals surface area contributed by atoms with Gasteiger partial charge in [-0.25, -0.2) is 9.59 Å². The molecule has 0 amide bonds. The van der Waals surface area contributed by atoms with E-state index in [4.69, 9.17) is 9.47 Å². The van der Waals surface area contributed by atoms with Crippen molar-refractivity contribution in [3.05, 3.63) is 41.2 Å². The van der Waals surface area contributed by atoms with Gasteiger partial charge in [-0.3, -0.25) is 0 Å². The van der Waals surface area contributed by atoms with Crippen LogP contribution in [-0.4, -0.2) is 36.7 Å². The van der Waals surface area contributed by atoms with Crippen molar-refractivity contribution in [1.29, 1.82) is 0 Å². The second kappa shape index (κ2) is 6.43. The first kappa shape index (κ1) is 18.8. The molecule has 1 aliphatic rings. The van der Waals surface area contributed by atoms with Crippen molar-refractivity contribution in [2.45, 2.75) is 45.8 Å². The van der Waals surface area contributed by atoms with E-state index in [9.17, 15) is 9.59 Å². The summed E-state index contributed by atoms with van der Waals surface area (Å²) in [6, 6.07) is 7.78. The van der Waals surface area contributed by atoms with Crippen LogP contribution in [0.4, 0.5) is 5.69 Å². The maximum Gasteiger partial charge on any atom is 0.352 e. The van der Waals surface area contributed by atoms with E-state index in [0.29, 0.717) is 5.82 Å². The maximum absolute atomic E-state index is 12.4. The molecule has 0 radical (unpaired) electrons. The number of hydrogen-bond donors (Lipinski definition) is 1. The standard InChI is InChI=1S/C19H26N2O4/c1-18(2,3)12-10-8-9-11-13(12)20-15(21(6)7)14-16(22)24-19(4,5)25-17(14)23/h8-11,20H,1-7H3. The van der Waals surface area contributed by atoms with Crippen LogP contribution < -0.4 is 5.32 Å². The molecule has 1 N–H and O–H groups in total. The number of carbonyl (C=O) groups excluding carboxylic acids is 2. The van der Waals surface area contributed by atoms with E-state index in [0.717, 1.165) is 11.3 Å². The fourth-order valence-corrected chi connectivity index (χ4v) is 2.62.